The van der Waals surface area contributed by atoms with Crippen molar-refractivity contribution >= 4 is 11.6 Å². The number of carbonyl (C=O) groups is 1. The van der Waals surface area contributed by atoms with Gasteiger partial charge in [0.15, 0.2) is 0 Å². The number of hydrogen-bond acceptors (Lipinski definition) is 4. The molecule has 24 heavy (non-hydrogen) atoms. The average molecular weight is 329 g/mol. The zero-order valence-corrected chi connectivity index (χ0v) is 14.2. The summed E-state index contributed by atoms with van der Waals surface area (Å²) >= 11 is 0. The minimum Gasteiger partial charge on any atom is -0.389 e. The van der Waals surface area contributed by atoms with E-state index in [2.05, 4.69) is 22.3 Å². The summed E-state index contributed by atoms with van der Waals surface area (Å²) < 4.78 is 0. The lowest BCUT2D eigenvalue weighted by Gasteiger charge is -2.47. The second-order valence-electron chi connectivity index (χ2n) is 7.50. The SMILES string of the molecule is O=C(c1ccc(N2CCCC2)cc1)N1CC[C@@]2(O)CCNC[C@H]2C1. The third-order valence-corrected chi connectivity index (χ3v) is 6.01. The molecule has 3 aliphatic rings. The summed E-state index contributed by atoms with van der Waals surface area (Å²) in [5.74, 6) is 0.239. The lowest BCUT2D eigenvalue weighted by Crippen LogP contribution is -2.59. The maximum Gasteiger partial charge on any atom is 0.253 e. The predicted octanol–water partition coefficient (Wildman–Crippen LogP) is 1.47. The molecule has 5 nitrogen and oxygen atoms in total. The molecule has 2 N–H and O–H groups in total. The highest BCUT2D eigenvalue weighted by Gasteiger charge is 2.43. The van der Waals surface area contributed by atoms with Crippen LogP contribution in [-0.4, -0.2) is 60.8 Å². The van der Waals surface area contributed by atoms with Crippen LogP contribution in [0.4, 0.5) is 5.69 Å². The number of fused-ring (bicyclic) bond motifs is 1. The van der Waals surface area contributed by atoms with Crippen molar-refractivity contribution < 1.29 is 9.90 Å². The van der Waals surface area contributed by atoms with E-state index in [0.717, 1.165) is 38.2 Å². The maximum atomic E-state index is 12.8. The Morgan fingerprint density at radius 3 is 2.62 bits per heavy atom. The van der Waals surface area contributed by atoms with Crippen LogP contribution < -0.4 is 10.2 Å². The maximum absolute atomic E-state index is 12.8. The number of benzene rings is 1. The van der Waals surface area contributed by atoms with Crippen molar-refractivity contribution in [2.24, 2.45) is 5.92 Å². The molecular weight excluding hydrogens is 302 g/mol. The van der Waals surface area contributed by atoms with E-state index in [4.69, 9.17) is 0 Å². The summed E-state index contributed by atoms with van der Waals surface area (Å²) in [5, 5.41) is 14.1. The van der Waals surface area contributed by atoms with E-state index in [0.29, 0.717) is 19.5 Å². The van der Waals surface area contributed by atoms with Gasteiger partial charge in [-0.25, -0.2) is 0 Å². The van der Waals surface area contributed by atoms with Crippen LogP contribution >= 0.6 is 0 Å². The number of nitrogens with one attached hydrogen (secondary N) is 1. The topological polar surface area (TPSA) is 55.8 Å². The van der Waals surface area contributed by atoms with Gasteiger partial charge in [-0.15, -0.1) is 0 Å². The highest BCUT2D eigenvalue weighted by atomic mass is 16.3. The standard InChI is InChI=1S/C19H27N3O2/c23-18(15-3-5-17(6-4-15)21-10-1-2-11-21)22-12-8-19(24)7-9-20-13-16(19)14-22/h3-6,16,20,24H,1-2,7-14H2/t16-,19-/m0/s1. The fourth-order valence-electron chi connectivity index (χ4n) is 4.38. The molecule has 3 saturated heterocycles. The van der Waals surface area contributed by atoms with Gasteiger partial charge in [0.05, 0.1) is 5.60 Å². The van der Waals surface area contributed by atoms with Gasteiger partial charge >= 0.3 is 0 Å². The van der Waals surface area contributed by atoms with E-state index in [-0.39, 0.29) is 11.8 Å². The zero-order chi connectivity index (χ0) is 16.6. The Kier molecular flexibility index (Phi) is 4.22. The number of amides is 1. The van der Waals surface area contributed by atoms with Crippen LogP contribution in [0.2, 0.25) is 0 Å². The first kappa shape index (κ1) is 15.9. The fourth-order valence-corrected chi connectivity index (χ4v) is 4.38. The predicted molar refractivity (Wildman–Crippen MR) is 94.3 cm³/mol. The van der Waals surface area contributed by atoms with E-state index in [1.165, 1.54) is 18.5 Å². The van der Waals surface area contributed by atoms with E-state index < -0.39 is 5.60 Å². The molecule has 4 rings (SSSR count). The van der Waals surface area contributed by atoms with Crippen LogP contribution in [0, 0.1) is 5.92 Å². The molecule has 0 unspecified atom stereocenters. The largest absolute Gasteiger partial charge is 0.389 e. The molecule has 0 aliphatic carbocycles. The lowest BCUT2D eigenvalue weighted by molar-refractivity contribution is -0.0817. The van der Waals surface area contributed by atoms with Crippen LogP contribution in [0.1, 0.15) is 36.0 Å². The summed E-state index contributed by atoms with van der Waals surface area (Å²) in [6, 6.07) is 8.05. The van der Waals surface area contributed by atoms with Gasteiger partial charge in [-0.3, -0.25) is 4.79 Å². The molecule has 130 valence electrons. The molecule has 1 amide bonds. The molecule has 3 fully saturated rings. The third-order valence-electron chi connectivity index (χ3n) is 6.01. The number of carbonyl (C=O) groups excluding carboxylic acids is 1. The lowest BCUT2D eigenvalue weighted by atomic mass is 9.76. The number of nitrogens with zero attached hydrogens (tertiary/aromatic N) is 2. The molecule has 3 aliphatic heterocycles. The van der Waals surface area contributed by atoms with Crippen molar-refractivity contribution in [1.82, 2.24) is 10.2 Å². The summed E-state index contributed by atoms with van der Waals surface area (Å²) in [5.41, 5.74) is 1.39. The Morgan fingerprint density at radius 1 is 1.12 bits per heavy atom. The number of hydrogen-bond donors (Lipinski definition) is 2. The van der Waals surface area contributed by atoms with Crippen molar-refractivity contribution in [2.75, 3.05) is 44.2 Å². The quantitative estimate of drug-likeness (QED) is 0.863. The molecule has 0 saturated carbocycles. The van der Waals surface area contributed by atoms with Crippen LogP contribution in [-0.2, 0) is 0 Å². The van der Waals surface area contributed by atoms with Crippen molar-refractivity contribution in [2.45, 2.75) is 31.3 Å². The first-order chi connectivity index (χ1) is 11.7. The first-order valence-electron chi connectivity index (χ1n) is 9.23. The van der Waals surface area contributed by atoms with Gasteiger partial charge in [0.25, 0.3) is 5.91 Å². The van der Waals surface area contributed by atoms with Crippen molar-refractivity contribution in [3.63, 3.8) is 0 Å². The van der Waals surface area contributed by atoms with E-state index in [9.17, 15) is 9.90 Å². The Labute approximate surface area is 143 Å². The normalized spacial score (nSPS) is 30.3. The molecular formula is C19H27N3O2. The van der Waals surface area contributed by atoms with Crippen LogP contribution in [0.3, 0.4) is 0 Å². The Bertz CT molecular complexity index is 597. The minimum absolute atomic E-state index is 0.0931. The van der Waals surface area contributed by atoms with E-state index in [1.54, 1.807) is 0 Å². The molecule has 0 aromatic heterocycles. The Balaban J connectivity index is 1.44. The number of aliphatic hydroxyl groups is 1. The molecule has 0 spiro atoms. The van der Waals surface area contributed by atoms with E-state index >= 15 is 0 Å². The molecule has 1 aromatic carbocycles. The van der Waals surface area contributed by atoms with Crippen molar-refractivity contribution in [3.8, 4) is 0 Å². The molecule has 5 heteroatoms. The van der Waals surface area contributed by atoms with Gasteiger partial charge in [-0.1, -0.05) is 0 Å². The summed E-state index contributed by atoms with van der Waals surface area (Å²) in [7, 11) is 0. The average Bonchev–Trinajstić information content (AvgIpc) is 3.15. The van der Waals surface area contributed by atoms with Crippen molar-refractivity contribution in [3.05, 3.63) is 29.8 Å². The van der Waals surface area contributed by atoms with Gasteiger partial charge in [-0.2, -0.15) is 0 Å². The minimum atomic E-state index is -0.582. The molecule has 3 heterocycles. The van der Waals surface area contributed by atoms with Gasteiger partial charge in [0.2, 0.25) is 0 Å². The highest BCUT2D eigenvalue weighted by Crippen LogP contribution is 2.33. The second kappa shape index (κ2) is 6.37. The number of likely N-dealkylation sites (tertiary alicyclic amines) is 1. The van der Waals surface area contributed by atoms with Gasteiger partial charge < -0.3 is 20.2 Å². The fraction of sp³-hybridized carbons (Fsp3) is 0.632. The van der Waals surface area contributed by atoms with Crippen LogP contribution in [0.5, 0.6) is 0 Å². The monoisotopic (exact) mass is 329 g/mol. The highest BCUT2D eigenvalue weighted by molar-refractivity contribution is 5.94. The zero-order valence-electron chi connectivity index (χ0n) is 14.2. The van der Waals surface area contributed by atoms with Crippen LogP contribution in [0.15, 0.2) is 24.3 Å². The molecule has 1 aromatic rings. The first-order valence-corrected chi connectivity index (χ1v) is 9.23. The van der Waals surface area contributed by atoms with Gasteiger partial charge in [0.1, 0.15) is 0 Å². The summed E-state index contributed by atoms with van der Waals surface area (Å²) in [6.07, 6.45) is 4.00. The number of piperidine rings is 2. The summed E-state index contributed by atoms with van der Waals surface area (Å²) in [4.78, 5) is 17.1. The second-order valence-corrected chi connectivity index (χ2v) is 7.50. The number of anilines is 1. The van der Waals surface area contributed by atoms with E-state index in [1.807, 2.05) is 17.0 Å². The van der Waals surface area contributed by atoms with Crippen LogP contribution in [0.25, 0.3) is 0 Å². The number of rotatable bonds is 2. The van der Waals surface area contributed by atoms with Crippen molar-refractivity contribution in [1.29, 1.82) is 0 Å². The third kappa shape index (κ3) is 2.91. The smallest absolute Gasteiger partial charge is 0.253 e. The summed E-state index contributed by atoms with van der Waals surface area (Å²) in [6.45, 7) is 5.21. The molecule has 0 bridgehead atoms. The molecule has 2 atom stereocenters. The Hall–Kier alpha value is -1.59. The Morgan fingerprint density at radius 2 is 1.88 bits per heavy atom. The van der Waals surface area contributed by atoms with Gasteiger partial charge in [0, 0.05) is 49.9 Å². The molecule has 0 radical (unpaired) electrons. The van der Waals surface area contributed by atoms with Gasteiger partial charge in [-0.05, 0) is 56.5 Å².